The minimum absolute atomic E-state index is 0.0555. The molecule has 4 saturated carbocycles. The van der Waals surface area contributed by atoms with Crippen molar-refractivity contribution in [2.75, 3.05) is 13.2 Å². The first-order valence-electron chi connectivity index (χ1n) is 26.4. The van der Waals surface area contributed by atoms with Crippen LogP contribution in [0.4, 0.5) is 0 Å². The fourth-order valence-electron chi connectivity index (χ4n) is 14.9. The summed E-state index contributed by atoms with van der Waals surface area (Å²) >= 11 is 0. The van der Waals surface area contributed by atoms with Crippen LogP contribution < -0.4 is 15.0 Å². The molecule has 6 aliphatic rings. The molecular formula is C54H77N3O16S. The van der Waals surface area contributed by atoms with Crippen molar-refractivity contribution < 1.29 is 76.1 Å². The van der Waals surface area contributed by atoms with E-state index < -0.39 is 93.3 Å². The zero-order valence-corrected chi connectivity index (χ0v) is 45.1. The Labute approximate surface area is 433 Å². The van der Waals surface area contributed by atoms with Crippen molar-refractivity contribution >= 4 is 33.7 Å². The van der Waals surface area contributed by atoms with Crippen molar-refractivity contribution in [3.05, 3.63) is 47.2 Å². The smallest absolute Gasteiger partial charge is 0.414 e. The van der Waals surface area contributed by atoms with Crippen LogP contribution in [0.3, 0.4) is 0 Å². The summed E-state index contributed by atoms with van der Waals surface area (Å²) in [6.07, 6.45) is 3.19. The second-order valence-corrected chi connectivity index (χ2v) is 26.2. The fourth-order valence-corrected chi connectivity index (χ4v) is 16.2. The van der Waals surface area contributed by atoms with Gasteiger partial charge in [-0.25, -0.2) is 8.42 Å². The first-order valence-corrected chi connectivity index (χ1v) is 27.9. The normalized spacial score (nSPS) is 36.5. The predicted molar refractivity (Wildman–Crippen MR) is 263 cm³/mol. The molecule has 5 aliphatic carbocycles. The van der Waals surface area contributed by atoms with Gasteiger partial charge in [-0.1, -0.05) is 78.3 Å². The van der Waals surface area contributed by atoms with Crippen molar-refractivity contribution in [1.29, 1.82) is 0 Å². The molecular weight excluding hydrogens is 979 g/mol. The Kier molecular flexibility index (Phi) is 15.3. The third kappa shape index (κ3) is 9.76. The summed E-state index contributed by atoms with van der Waals surface area (Å²) in [5.41, 5.74) is -0.478. The molecule has 14 atom stereocenters. The van der Waals surface area contributed by atoms with E-state index in [4.69, 9.17) is 23.7 Å². The summed E-state index contributed by atoms with van der Waals surface area (Å²) in [6, 6.07) is 6.08. The van der Waals surface area contributed by atoms with Gasteiger partial charge in [0.25, 0.3) is 9.84 Å². The number of sulfone groups is 1. The lowest BCUT2D eigenvalue weighted by atomic mass is 9.33. The first-order chi connectivity index (χ1) is 34.6. The van der Waals surface area contributed by atoms with E-state index in [0.717, 1.165) is 44.9 Å². The van der Waals surface area contributed by atoms with E-state index in [2.05, 4.69) is 69.6 Å². The lowest BCUT2D eigenvalue weighted by Crippen LogP contribution is -2.66. The summed E-state index contributed by atoms with van der Waals surface area (Å²) < 4.78 is 60.1. The van der Waals surface area contributed by atoms with Crippen LogP contribution in [-0.4, -0.2) is 109 Å². The number of amides is 1. The second kappa shape index (κ2) is 20.4. The molecule has 1 aromatic heterocycles. The monoisotopic (exact) mass is 1060 g/mol. The molecule has 4 N–H and O–H groups in total. The first kappa shape index (κ1) is 55.6. The highest BCUT2D eigenvalue weighted by atomic mass is 32.2. The minimum Gasteiger partial charge on any atom is -0.463 e. The highest BCUT2D eigenvalue weighted by Crippen LogP contribution is 2.76. The van der Waals surface area contributed by atoms with Gasteiger partial charge in [-0.2, -0.15) is 0 Å². The highest BCUT2D eigenvalue weighted by molar-refractivity contribution is 7.91. The van der Waals surface area contributed by atoms with Gasteiger partial charge >= 0.3 is 28.8 Å². The number of aliphatic hydroxyl groups excluding tert-OH is 3. The average molecular weight is 1060 g/mol. The Morgan fingerprint density at radius 1 is 0.905 bits per heavy atom. The lowest BCUT2D eigenvalue weighted by Gasteiger charge is -2.71. The van der Waals surface area contributed by atoms with Crippen LogP contribution in [0, 0.1) is 55.5 Å². The second-order valence-electron chi connectivity index (χ2n) is 24.3. The number of carbonyl (C=O) groups excluding carboxylic acids is 4. The van der Waals surface area contributed by atoms with Crippen molar-refractivity contribution in [2.24, 2.45) is 50.2 Å². The molecule has 1 saturated heterocycles. The molecule has 0 spiro atoms. The number of carbonyl (C=O) groups is 4. The maximum Gasteiger partial charge on any atom is 0.414 e. The van der Waals surface area contributed by atoms with Crippen molar-refractivity contribution in [1.82, 2.24) is 10.5 Å². The number of rotatable bonds is 15. The Hall–Kier alpha value is -4.63. The summed E-state index contributed by atoms with van der Waals surface area (Å²) in [7, 11) is -4.30. The zero-order chi connectivity index (χ0) is 54.0. The molecule has 19 nitrogen and oxygen atoms in total. The number of hydrogen-bond acceptors (Lipinski definition) is 17. The standard InChI is InChI=1S/C54H77N3O16S/c1-31(21-28-68-45-46(57(65)73-56-45)74(66,67)33-13-11-10-12-14-33)69-40(60)17-18-41(61)71-39-20-22-51(7)37(50(39,5)6)19-23-53(9)38(51)16-15-34-35-29-49(3,4)24-26-54(35,27-25-52(34,53)8)48(64)72-47-42(55-32(2)59)44(63)43(62)36(30-58)70-47/h10-15,31,35-39,42-44,47,58,62-63H,16-30H2,1-9H3,(H,55,59)/t31?,35-,36+,37-,38+,39-,42+,43+,44+,47-,51-,52+,53+,54-/m0/s1. The fraction of sp³-hybridized carbons (Fsp3) is 0.741. The number of fused-ring (bicyclic) bond motifs is 7. The summed E-state index contributed by atoms with van der Waals surface area (Å²) in [4.78, 5) is 53.2. The molecule has 0 bridgehead atoms. The quantitative estimate of drug-likeness (QED) is 0.0708. The van der Waals surface area contributed by atoms with Gasteiger partial charge in [-0.15, -0.1) is 0 Å². The molecule has 1 amide bonds. The molecule has 2 heterocycles. The number of aliphatic hydroxyl groups is 3. The Morgan fingerprint density at radius 3 is 2.28 bits per heavy atom. The molecule has 2 aromatic rings. The summed E-state index contributed by atoms with van der Waals surface area (Å²) in [6.45, 7) is 18.3. The van der Waals surface area contributed by atoms with Crippen LogP contribution in [-0.2, 0) is 48.0 Å². The Bertz CT molecular complexity index is 2590. The Balaban J connectivity index is 0.895. The number of hydrogen-bond donors (Lipinski definition) is 4. The highest BCUT2D eigenvalue weighted by Gasteiger charge is 2.70. The number of benzene rings is 1. The van der Waals surface area contributed by atoms with Gasteiger partial charge in [0.2, 0.25) is 12.2 Å². The third-order valence-electron chi connectivity index (χ3n) is 19.2. The van der Waals surface area contributed by atoms with Gasteiger partial charge in [-0.05, 0) is 128 Å². The molecule has 1 unspecified atom stereocenters. The molecule has 1 aliphatic heterocycles. The van der Waals surface area contributed by atoms with Gasteiger partial charge in [0.1, 0.15) is 36.6 Å². The maximum absolute atomic E-state index is 14.9. The van der Waals surface area contributed by atoms with Crippen molar-refractivity contribution in [3.8, 4) is 5.88 Å². The molecule has 74 heavy (non-hydrogen) atoms. The van der Waals surface area contributed by atoms with Crippen LogP contribution in [0.2, 0.25) is 0 Å². The largest absolute Gasteiger partial charge is 0.463 e. The Morgan fingerprint density at radius 2 is 1.59 bits per heavy atom. The van der Waals surface area contributed by atoms with E-state index in [1.54, 1.807) is 13.0 Å². The van der Waals surface area contributed by atoms with E-state index in [1.807, 2.05) is 0 Å². The van der Waals surface area contributed by atoms with E-state index in [9.17, 15) is 48.1 Å². The average Bonchev–Trinajstić information content (AvgIpc) is 3.71. The summed E-state index contributed by atoms with van der Waals surface area (Å²) in [5.74, 6) is -2.16. The molecule has 8 rings (SSSR count). The van der Waals surface area contributed by atoms with Gasteiger partial charge in [-0.3, -0.25) is 23.8 Å². The molecule has 0 radical (unpaired) electrons. The van der Waals surface area contributed by atoms with Crippen LogP contribution in [0.25, 0.3) is 0 Å². The van der Waals surface area contributed by atoms with Gasteiger partial charge in [0.15, 0.2) is 0 Å². The maximum atomic E-state index is 14.9. The lowest BCUT2D eigenvalue weighted by molar-refractivity contribution is -0.832. The van der Waals surface area contributed by atoms with Crippen LogP contribution in [0.15, 0.2) is 56.5 Å². The summed E-state index contributed by atoms with van der Waals surface area (Å²) in [5, 5.41) is 49.2. The molecule has 410 valence electrons. The van der Waals surface area contributed by atoms with Crippen LogP contribution in [0.1, 0.15) is 146 Å². The third-order valence-corrected chi connectivity index (χ3v) is 20.9. The van der Waals surface area contributed by atoms with Gasteiger partial charge in [0.05, 0.1) is 41.5 Å². The van der Waals surface area contributed by atoms with Crippen molar-refractivity contribution in [3.63, 3.8) is 0 Å². The van der Waals surface area contributed by atoms with E-state index in [1.165, 1.54) is 36.8 Å². The number of aromatic nitrogens is 2. The number of ether oxygens (including phenoxy) is 5. The SMILES string of the molecule is CC(=O)N[C@H]1[C@H](OC(=O)[C@]23CCC(C)(C)C[C@H]2C2=CC[C@@H]4[C@@]5(C)CC[C@H](OC(=O)CCC(=O)OC(C)CCOc6no[n+]([O-])c6S(=O)(=O)c6ccccc6)C(C)(C)[C@@H]5CC[C@@]4(C)[C@]2(C)CC3)O[C@H](CO)[C@@H](O)[C@@H]1O. The molecule has 20 heteroatoms. The van der Waals surface area contributed by atoms with Crippen molar-refractivity contribution in [2.45, 2.75) is 199 Å². The molecule has 1 aromatic carbocycles. The van der Waals surface area contributed by atoms with Crippen LogP contribution >= 0.6 is 0 Å². The minimum atomic E-state index is -4.30. The topological polar surface area (TPSA) is 274 Å². The van der Waals surface area contributed by atoms with E-state index >= 15 is 0 Å². The van der Waals surface area contributed by atoms with E-state index in [0.29, 0.717) is 25.2 Å². The number of nitrogens with one attached hydrogen (secondary N) is 1. The number of esters is 3. The van der Waals surface area contributed by atoms with Gasteiger partial charge < -0.3 is 49.5 Å². The van der Waals surface area contributed by atoms with Crippen LogP contribution in [0.5, 0.6) is 5.88 Å². The van der Waals surface area contributed by atoms with Gasteiger partial charge in [0, 0.05) is 18.8 Å². The van der Waals surface area contributed by atoms with E-state index in [-0.39, 0.29) is 80.7 Å². The number of allylic oxidation sites excluding steroid dienone is 2. The number of nitrogens with zero attached hydrogens (tertiary/aromatic N) is 2. The predicted octanol–water partition coefficient (Wildman–Crippen LogP) is 5.82. The zero-order valence-electron chi connectivity index (χ0n) is 44.3. The molecule has 5 fully saturated rings.